The number of carbonyl (C=O) groups is 1. The van der Waals surface area contributed by atoms with Crippen LogP contribution in [0.2, 0.25) is 0 Å². The highest BCUT2D eigenvalue weighted by Crippen LogP contribution is 2.13. The highest BCUT2D eigenvalue weighted by molar-refractivity contribution is 5.91. The summed E-state index contributed by atoms with van der Waals surface area (Å²) >= 11 is 0. The van der Waals surface area contributed by atoms with Crippen LogP contribution < -0.4 is 11.1 Å². The van der Waals surface area contributed by atoms with E-state index in [1.54, 1.807) is 6.20 Å². The first-order valence-electron chi connectivity index (χ1n) is 5.58. The number of rotatable bonds is 5. The fraction of sp³-hybridized carbons (Fsp3) is 0.500. The second-order valence-electron chi connectivity index (χ2n) is 3.90. The largest absolute Gasteiger partial charge is 0.330 e. The second-order valence-corrected chi connectivity index (χ2v) is 3.90. The van der Waals surface area contributed by atoms with Crippen LogP contribution in [-0.2, 0) is 4.79 Å². The minimum absolute atomic E-state index is 0.00778. The third kappa shape index (κ3) is 3.62. The number of aromatic nitrogens is 1. The molecule has 1 amide bonds. The van der Waals surface area contributed by atoms with E-state index < -0.39 is 0 Å². The standard InChI is InChI=1S/C12H19N3O/c1-3-10(8-13)7-12(16)15-11-5-4-6-14-9(11)2/h4-6,10H,3,7-8,13H2,1-2H3,(H,15,16). The first kappa shape index (κ1) is 12.6. The summed E-state index contributed by atoms with van der Waals surface area (Å²) in [6.07, 6.45) is 3.11. The number of amides is 1. The van der Waals surface area contributed by atoms with Crippen LogP contribution in [0.4, 0.5) is 5.69 Å². The predicted molar refractivity (Wildman–Crippen MR) is 65.1 cm³/mol. The smallest absolute Gasteiger partial charge is 0.224 e. The summed E-state index contributed by atoms with van der Waals surface area (Å²) in [5.41, 5.74) is 7.17. The van der Waals surface area contributed by atoms with E-state index in [1.165, 1.54) is 0 Å². The molecular weight excluding hydrogens is 202 g/mol. The van der Waals surface area contributed by atoms with Gasteiger partial charge in [0.25, 0.3) is 0 Å². The van der Waals surface area contributed by atoms with Crippen molar-refractivity contribution in [3.05, 3.63) is 24.0 Å². The molecule has 4 nitrogen and oxygen atoms in total. The van der Waals surface area contributed by atoms with Gasteiger partial charge in [0, 0.05) is 12.6 Å². The van der Waals surface area contributed by atoms with Gasteiger partial charge in [-0.15, -0.1) is 0 Å². The Morgan fingerprint density at radius 3 is 2.94 bits per heavy atom. The van der Waals surface area contributed by atoms with E-state index in [4.69, 9.17) is 5.73 Å². The van der Waals surface area contributed by atoms with E-state index in [9.17, 15) is 4.79 Å². The van der Waals surface area contributed by atoms with E-state index in [-0.39, 0.29) is 11.8 Å². The lowest BCUT2D eigenvalue weighted by Crippen LogP contribution is -2.22. The summed E-state index contributed by atoms with van der Waals surface area (Å²) in [6, 6.07) is 3.66. The van der Waals surface area contributed by atoms with E-state index >= 15 is 0 Å². The molecule has 0 fully saturated rings. The van der Waals surface area contributed by atoms with Gasteiger partial charge in [-0.3, -0.25) is 9.78 Å². The van der Waals surface area contributed by atoms with Crippen LogP contribution in [0.5, 0.6) is 0 Å². The molecule has 1 atom stereocenters. The lowest BCUT2D eigenvalue weighted by Gasteiger charge is -2.12. The fourth-order valence-corrected chi connectivity index (χ4v) is 1.47. The Balaban J connectivity index is 2.55. The first-order chi connectivity index (χ1) is 7.67. The lowest BCUT2D eigenvalue weighted by atomic mass is 10.0. The van der Waals surface area contributed by atoms with Gasteiger partial charge in [-0.05, 0) is 31.5 Å². The molecule has 0 aromatic carbocycles. The van der Waals surface area contributed by atoms with Crippen molar-refractivity contribution < 1.29 is 4.79 Å². The highest BCUT2D eigenvalue weighted by atomic mass is 16.1. The molecule has 16 heavy (non-hydrogen) atoms. The fourth-order valence-electron chi connectivity index (χ4n) is 1.47. The molecular formula is C12H19N3O. The summed E-state index contributed by atoms with van der Waals surface area (Å²) in [4.78, 5) is 15.8. The zero-order chi connectivity index (χ0) is 12.0. The van der Waals surface area contributed by atoms with Crippen molar-refractivity contribution in [1.29, 1.82) is 0 Å². The molecule has 1 heterocycles. The predicted octanol–water partition coefficient (Wildman–Crippen LogP) is 1.70. The number of nitrogens with two attached hydrogens (primary N) is 1. The average molecular weight is 221 g/mol. The van der Waals surface area contributed by atoms with Gasteiger partial charge in [0.05, 0.1) is 11.4 Å². The monoisotopic (exact) mass is 221 g/mol. The molecule has 0 aliphatic carbocycles. The minimum atomic E-state index is 0.00778. The van der Waals surface area contributed by atoms with E-state index in [0.717, 1.165) is 17.8 Å². The van der Waals surface area contributed by atoms with Crippen molar-refractivity contribution in [1.82, 2.24) is 4.98 Å². The molecule has 1 unspecified atom stereocenters. The quantitative estimate of drug-likeness (QED) is 0.795. The Bertz CT molecular complexity index is 348. The third-order valence-corrected chi connectivity index (χ3v) is 2.67. The number of nitrogens with one attached hydrogen (secondary N) is 1. The van der Waals surface area contributed by atoms with Crippen LogP contribution in [-0.4, -0.2) is 17.4 Å². The summed E-state index contributed by atoms with van der Waals surface area (Å²) in [6.45, 7) is 4.46. The number of hydrogen-bond donors (Lipinski definition) is 2. The lowest BCUT2D eigenvalue weighted by molar-refractivity contribution is -0.117. The first-order valence-corrected chi connectivity index (χ1v) is 5.58. The molecule has 0 aliphatic rings. The Morgan fingerprint density at radius 2 is 2.38 bits per heavy atom. The summed E-state index contributed by atoms with van der Waals surface area (Å²) in [5.74, 6) is 0.269. The highest BCUT2D eigenvalue weighted by Gasteiger charge is 2.11. The Hall–Kier alpha value is -1.42. The van der Waals surface area contributed by atoms with Crippen LogP contribution in [0.25, 0.3) is 0 Å². The average Bonchev–Trinajstić information content (AvgIpc) is 2.29. The van der Waals surface area contributed by atoms with Gasteiger partial charge in [0.1, 0.15) is 0 Å². The zero-order valence-corrected chi connectivity index (χ0v) is 9.86. The Morgan fingerprint density at radius 1 is 1.62 bits per heavy atom. The van der Waals surface area contributed by atoms with Crippen molar-refractivity contribution in [2.45, 2.75) is 26.7 Å². The van der Waals surface area contributed by atoms with Gasteiger partial charge in [0.2, 0.25) is 5.91 Å². The molecule has 0 saturated carbocycles. The van der Waals surface area contributed by atoms with Crippen molar-refractivity contribution in [3.8, 4) is 0 Å². The van der Waals surface area contributed by atoms with Gasteiger partial charge in [-0.25, -0.2) is 0 Å². The van der Waals surface area contributed by atoms with Crippen LogP contribution in [0.1, 0.15) is 25.5 Å². The van der Waals surface area contributed by atoms with E-state index in [1.807, 2.05) is 26.0 Å². The molecule has 0 saturated heterocycles. The number of nitrogens with zero attached hydrogens (tertiary/aromatic N) is 1. The van der Waals surface area contributed by atoms with Crippen molar-refractivity contribution in [2.75, 3.05) is 11.9 Å². The van der Waals surface area contributed by atoms with Crippen LogP contribution in [0, 0.1) is 12.8 Å². The van der Waals surface area contributed by atoms with Crippen molar-refractivity contribution in [2.24, 2.45) is 11.7 Å². The Labute approximate surface area is 96.3 Å². The van der Waals surface area contributed by atoms with Crippen LogP contribution >= 0.6 is 0 Å². The summed E-state index contributed by atoms with van der Waals surface area (Å²) in [5, 5.41) is 2.85. The van der Waals surface area contributed by atoms with Crippen molar-refractivity contribution in [3.63, 3.8) is 0 Å². The Kier molecular flexibility index (Phi) is 4.92. The zero-order valence-electron chi connectivity index (χ0n) is 9.86. The number of anilines is 1. The molecule has 0 aliphatic heterocycles. The van der Waals surface area contributed by atoms with Gasteiger partial charge >= 0.3 is 0 Å². The number of pyridine rings is 1. The second kappa shape index (κ2) is 6.23. The van der Waals surface area contributed by atoms with E-state index in [0.29, 0.717) is 13.0 Å². The minimum Gasteiger partial charge on any atom is -0.330 e. The summed E-state index contributed by atoms with van der Waals surface area (Å²) < 4.78 is 0. The van der Waals surface area contributed by atoms with Gasteiger partial charge < -0.3 is 11.1 Å². The molecule has 1 aromatic rings. The normalized spacial score (nSPS) is 12.2. The van der Waals surface area contributed by atoms with E-state index in [2.05, 4.69) is 10.3 Å². The molecule has 3 N–H and O–H groups in total. The molecule has 88 valence electrons. The maximum absolute atomic E-state index is 11.7. The molecule has 1 aromatic heterocycles. The number of hydrogen-bond acceptors (Lipinski definition) is 3. The maximum atomic E-state index is 11.7. The molecule has 4 heteroatoms. The molecule has 0 bridgehead atoms. The maximum Gasteiger partial charge on any atom is 0.224 e. The van der Waals surface area contributed by atoms with Crippen LogP contribution in [0.3, 0.4) is 0 Å². The third-order valence-electron chi connectivity index (χ3n) is 2.67. The van der Waals surface area contributed by atoms with Crippen LogP contribution in [0.15, 0.2) is 18.3 Å². The van der Waals surface area contributed by atoms with Gasteiger partial charge in [-0.1, -0.05) is 13.3 Å². The SMILES string of the molecule is CCC(CN)CC(=O)Nc1cccnc1C. The topological polar surface area (TPSA) is 68.0 Å². The van der Waals surface area contributed by atoms with Gasteiger partial charge in [-0.2, -0.15) is 0 Å². The number of carbonyl (C=O) groups excluding carboxylic acids is 1. The summed E-state index contributed by atoms with van der Waals surface area (Å²) in [7, 11) is 0. The number of aryl methyl sites for hydroxylation is 1. The molecule has 0 spiro atoms. The molecule has 0 radical (unpaired) electrons. The van der Waals surface area contributed by atoms with Gasteiger partial charge in [0.15, 0.2) is 0 Å². The van der Waals surface area contributed by atoms with Crippen molar-refractivity contribution >= 4 is 11.6 Å². The molecule has 1 rings (SSSR count).